The predicted octanol–water partition coefficient (Wildman–Crippen LogP) is 15.8. The highest BCUT2D eigenvalue weighted by Crippen LogP contribution is 2.26. The number of hydrogen-bond donors (Lipinski definition) is 6. The first kappa shape index (κ1) is 71.9. The number of ether oxygens (including phenoxy) is 2. The van der Waals surface area contributed by atoms with Crippen molar-refractivity contribution in [3.05, 3.63) is 12.2 Å². The van der Waals surface area contributed by atoms with Gasteiger partial charge in [0, 0.05) is 6.42 Å². The fourth-order valence-electron chi connectivity index (χ4n) is 10.6. The molecule has 7 atom stereocenters. The summed E-state index contributed by atoms with van der Waals surface area (Å²) in [4.78, 5) is 13.2. The van der Waals surface area contributed by atoms with Crippen LogP contribution in [0.2, 0.25) is 0 Å². The number of amides is 1. The Kier molecular flexibility index (Phi) is 50.0. The lowest BCUT2D eigenvalue weighted by Crippen LogP contribution is -2.61. The third kappa shape index (κ3) is 44.3. The average molecular weight is 1090 g/mol. The molecular formula is C62H121NO11S. The highest BCUT2D eigenvalue weighted by atomic mass is 32.3. The fraction of sp³-hybridized carbons (Fsp3) is 0.952. The number of aliphatic hydroxyl groups is 4. The van der Waals surface area contributed by atoms with Gasteiger partial charge < -0.3 is 35.2 Å². The second-order valence-electron chi connectivity index (χ2n) is 22.7. The van der Waals surface area contributed by atoms with E-state index in [1.807, 2.05) is 6.08 Å². The van der Waals surface area contributed by atoms with Crippen LogP contribution < -0.4 is 5.32 Å². The van der Waals surface area contributed by atoms with Crippen molar-refractivity contribution in [2.24, 2.45) is 0 Å². The molecule has 1 aliphatic heterocycles. The highest BCUT2D eigenvalue weighted by molar-refractivity contribution is 7.80. The predicted molar refractivity (Wildman–Crippen MR) is 310 cm³/mol. The van der Waals surface area contributed by atoms with E-state index in [2.05, 4.69) is 23.3 Å². The maximum Gasteiger partial charge on any atom is 0.397 e. The van der Waals surface area contributed by atoms with Gasteiger partial charge in [0.25, 0.3) is 0 Å². The van der Waals surface area contributed by atoms with E-state index in [0.29, 0.717) is 6.42 Å². The molecule has 6 N–H and O–H groups in total. The Balaban J connectivity index is 2.30. The minimum Gasteiger partial charge on any atom is -0.394 e. The SMILES string of the molecule is CCCCCCCCCCCCCCCCCCCCCC/C=C/C(O)C(COC1OC(CO)C(O)C(OS(=O)(=O)O)C1O)NC(=O)CCCCCCCCCCCCCCCCCCCCCCCCCCCC. The Morgan fingerprint density at radius 1 is 0.520 bits per heavy atom. The molecular weight excluding hydrogens is 967 g/mol. The van der Waals surface area contributed by atoms with Crippen molar-refractivity contribution < 1.29 is 51.8 Å². The molecule has 1 amide bonds. The molecule has 75 heavy (non-hydrogen) atoms. The zero-order valence-corrected chi connectivity index (χ0v) is 49.5. The Hall–Kier alpha value is -1.16. The van der Waals surface area contributed by atoms with Gasteiger partial charge in [0.1, 0.15) is 24.4 Å². The molecule has 0 aromatic carbocycles. The lowest BCUT2D eigenvalue weighted by Gasteiger charge is -2.41. The van der Waals surface area contributed by atoms with Gasteiger partial charge in [0.2, 0.25) is 5.91 Å². The van der Waals surface area contributed by atoms with Crippen LogP contribution in [0, 0.1) is 0 Å². The van der Waals surface area contributed by atoms with Gasteiger partial charge in [-0.3, -0.25) is 9.35 Å². The Labute approximate surface area is 461 Å². The molecule has 0 bridgehead atoms. The second-order valence-corrected chi connectivity index (χ2v) is 23.8. The van der Waals surface area contributed by atoms with E-state index >= 15 is 0 Å². The standard InChI is InChI=1S/C62H121NO11S/c1-3-5-7-9-11-13-15-17-19-21-23-25-27-28-29-30-32-34-36-38-40-42-44-46-48-50-52-58(66)63-55(54-72-62-60(68)61(74-75(69,70)71)59(67)57(53-64)73-62)56(65)51-49-47-45-43-41-39-37-35-33-31-26-24-22-20-18-16-14-12-10-8-6-4-2/h49,51,55-57,59-62,64-65,67-68H,3-48,50,52-54H2,1-2H3,(H,63,66)(H,69,70,71)/b51-49+. The second kappa shape index (κ2) is 52.2. The largest absolute Gasteiger partial charge is 0.397 e. The molecule has 0 aromatic rings. The Bertz CT molecular complexity index is 1370. The van der Waals surface area contributed by atoms with Crippen molar-refractivity contribution in [1.29, 1.82) is 0 Å². The summed E-state index contributed by atoms with van der Waals surface area (Å²) >= 11 is 0. The molecule has 12 nitrogen and oxygen atoms in total. The normalized spacial score (nSPS) is 19.1. The van der Waals surface area contributed by atoms with Crippen LogP contribution in [-0.4, -0.2) is 95.4 Å². The molecule has 0 aromatic heterocycles. The minimum atomic E-state index is -5.09. The van der Waals surface area contributed by atoms with E-state index in [-0.39, 0.29) is 18.9 Å². The number of carbonyl (C=O) groups is 1. The molecule has 1 saturated heterocycles. The van der Waals surface area contributed by atoms with Crippen molar-refractivity contribution in [2.45, 2.75) is 365 Å². The summed E-state index contributed by atoms with van der Waals surface area (Å²) in [7, 11) is -5.09. The van der Waals surface area contributed by atoms with Crippen molar-refractivity contribution >= 4 is 16.3 Å². The van der Waals surface area contributed by atoms with Gasteiger partial charge in [0.05, 0.1) is 25.4 Å². The van der Waals surface area contributed by atoms with Crippen LogP contribution in [-0.2, 0) is 28.9 Å². The summed E-state index contributed by atoms with van der Waals surface area (Å²) in [5.41, 5.74) is 0. The first-order chi connectivity index (χ1) is 36.5. The summed E-state index contributed by atoms with van der Waals surface area (Å²) in [6.07, 6.45) is 55.5. The van der Waals surface area contributed by atoms with Crippen LogP contribution in [0.15, 0.2) is 12.2 Å². The van der Waals surface area contributed by atoms with Crippen LogP contribution in [0.3, 0.4) is 0 Å². The number of aliphatic hydroxyl groups excluding tert-OH is 4. The Morgan fingerprint density at radius 3 is 1.16 bits per heavy atom. The molecule has 0 aliphatic carbocycles. The molecule has 1 fully saturated rings. The van der Waals surface area contributed by atoms with Crippen LogP contribution in [0.4, 0.5) is 0 Å². The summed E-state index contributed by atoms with van der Waals surface area (Å²) in [5, 5.41) is 45.1. The number of allylic oxidation sites excluding steroid dienone is 1. The van der Waals surface area contributed by atoms with Crippen LogP contribution >= 0.6 is 0 Å². The maximum atomic E-state index is 13.2. The first-order valence-electron chi connectivity index (χ1n) is 32.1. The van der Waals surface area contributed by atoms with Crippen molar-refractivity contribution in [3.63, 3.8) is 0 Å². The van der Waals surface area contributed by atoms with E-state index in [4.69, 9.17) is 9.47 Å². The minimum absolute atomic E-state index is 0.254. The van der Waals surface area contributed by atoms with E-state index in [1.54, 1.807) is 6.08 Å². The lowest BCUT2D eigenvalue weighted by molar-refractivity contribution is -0.298. The third-order valence-electron chi connectivity index (χ3n) is 15.6. The number of rotatable bonds is 57. The molecule has 1 heterocycles. The molecule has 0 spiro atoms. The molecule has 1 rings (SSSR count). The average Bonchev–Trinajstić information content (AvgIpc) is 3.39. The van der Waals surface area contributed by atoms with Crippen LogP contribution in [0.25, 0.3) is 0 Å². The third-order valence-corrected chi connectivity index (χ3v) is 16.0. The number of carbonyl (C=O) groups excluding carboxylic acids is 1. The van der Waals surface area contributed by atoms with Crippen LogP contribution in [0.1, 0.15) is 322 Å². The molecule has 13 heteroatoms. The number of hydrogen-bond acceptors (Lipinski definition) is 10. The Morgan fingerprint density at radius 2 is 0.840 bits per heavy atom. The van der Waals surface area contributed by atoms with Crippen molar-refractivity contribution in [3.8, 4) is 0 Å². The topological polar surface area (TPSA) is 192 Å². The zero-order chi connectivity index (χ0) is 54.7. The van der Waals surface area contributed by atoms with Gasteiger partial charge in [-0.2, -0.15) is 8.42 Å². The molecule has 0 saturated carbocycles. The van der Waals surface area contributed by atoms with Crippen LogP contribution in [0.5, 0.6) is 0 Å². The molecule has 0 radical (unpaired) electrons. The number of unbranched alkanes of at least 4 members (excludes halogenated alkanes) is 45. The summed E-state index contributed by atoms with van der Waals surface area (Å²) in [6, 6.07) is -0.941. The van der Waals surface area contributed by atoms with Gasteiger partial charge in [0.15, 0.2) is 6.29 Å². The molecule has 1 aliphatic rings. The van der Waals surface area contributed by atoms with Gasteiger partial charge in [-0.15, -0.1) is 0 Å². The first-order valence-corrected chi connectivity index (χ1v) is 33.4. The molecule has 7 unspecified atom stereocenters. The lowest BCUT2D eigenvalue weighted by atomic mass is 9.99. The van der Waals surface area contributed by atoms with Gasteiger partial charge in [-0.05, 0) is 19.3 Å². The zero-order valence-electron chi connectivity index (χ0n) is 48.6. The van der Waals surface area contributed by atoms with Gasteiger partial charge >= 0.3 is 10.4 Å². The summed E-state index contributed by atoms with van der Waals surface area (Å²) in [5.74, 6) is -0.254. The monoisotopic (exact) mass is 1090 g/mol. The number of nitrogens with one attached hydrogen (secondary N) is 1. The fourth-order valence-corrected chi connectivity index (χ4v) is 11.1. The highest BCUT2D eigenvalue weighted by Gasteiger charge is 2.48. The van der Waals surface area contributed by atoms with E-state index in [0.717, 1.165) is 38.5 Å². The van der Waals surface area contributed by atoms with Crippen molar-refractivity contribution in [1.82, 2.24) is 5.32 Å². The van der Waals surface area contributed by atoms with E-state index in [9.17, 15) is 38.2 Å². The van der Waals surface area contributed by atoms with Gasteiger partial charge in [-0.25, -0.2) is 4.18 Å². The molecule has 446 valence electrons. The summed E-state index contributed by atoms with van der Waals surface area (Å²) in [6.45, 7) is 3.46. The van der Waals surface area contributed by atoms with E-state index < -0.39 is 59.9 Å². The van der Waals surface area contributed by atoms with E-state index in [1.165, 1.54) is 257 Å². The quantitative estimate of drug-likeness (QED) is 0.0193. The van der Waals surface area contributed by atoms with Gasteiger partial charge in [-0.1, -0.05) is 309 Å². The smallest absolute Gasteiger partial charge is 0.394 e. The maximum absolute atomic E-state index is 13.2. The summed E-state index contributed by atoms with van der Waals surface area (Å²) < 4.78 is 48.0. The van der Waals surface area contributed by atoms with Crippen molar-refractivity contribution in [2.75, 3.05) is 13.2 Å².